The van der Waals surface area contributed by atoms with Gasteiger partial charge in [0.15, 0.2) is 12.6 Å². The standard InChI is InChI=1S/C34H57NO7/c1-3-5-8-15-27(41-33-18-11-13-24-39-33)20-21-28-29(31(26-30(28)37)42-34-19-12-14-25-40-34)16-9-6-7-10-17-32(38)35(4-2)22-23-36/h6,9,20-21,27-29,31,33-34,36H,3-5,7-8,10-19,22-26H2,1-2H3/b9-6-,21-20+/t27?,28-,29-,31?,33?,34?/m1/s1. The van der Waals surface area contributed by atoms with Gasteiger partial charge in [-0.3, -0.25) is 9.59 Å². The Bertz CT molecular complexity index is 819. The van der Waals surface area contributed by atoms with Crippen molar-refractivity contribution in [3.05, 3.63) is 24.3 Å². The van der Waals surface area contributed by atoms with Crippen molar-refractivity contribution in [2.24, 2.45) is 11.8 Å². The molecule has 3 fully saturated rings. The summed E-state index contributed by atoms with van der Waals surface area (Å²) in [5.74, 6) is 0.133. The maximum atomic E-state index is 13.3. The molecule has 3 aliphatic rings. The van der Waals surface area contributed by atoms with Crippen LogP contribution in [0.3, 0.4) is 0 Å². The molecule has 1 aliphatic carbocycles. The van der Waals surface area contributed by atoms with Crippen LogP contribution in [-0.2, 0) is 28.5 Å². The highest BCUT2D eigenvalue weighted by atomic mass is 16.7. The summed E-state index contributed by atoms with van der Waals surface area (Å²) in [5, 5.41) is 9.15. The van der Waals surface area contributed by atoms with Crippen molar-refractivity contribution in [3.63, 3.8) is 0 Å². The zero-order valence-electron chi connectivity index (χ0n) is 26.3. The first-order valence-electron chi connectivity index (χ1n) is 16.8. The first-order valence-corrected chi connectivity index (χ1v) is 16.8. The second-order valence-corrected chi connectivity index (χ2v) is 12.0. The van der Waals surface area contributed by atoms with E-state index in [9.17, 15) is 9.59 Å². The minimum atomic E-state index is -0.231. The number of nitrogens with zero attached hydrogens (tertiary/aromatic N) is 1. The summed E-state index contributed by atoms with van der Waals surface area (Å²) in [6, 6.07) is 0. The summed E-state index contributed by atoms with van der Waals surface area (Å²) in [6.45, 7) is 6.60. The molecule has 8 nitrogen and oxygen atoms in total. The Balaban J connectivity index is 1.62. The Kier molecular flexibility index (Phi) is 16.9. The van der Waals surface area contributed by atoms with Gasteiger partial charge in [-0.15, -0.1) is 0 Å². The van der Waals surface area contributed by atoms with Crippen molar-refractivity contribution < 1.29 is 33.6 Å². The average molecular weight is 592 g/mol. The van der Waals surface area contributed by atoms with Gasteiger partial charge < -0.3 is 29.0 Å². The van der Waals surface area contributed by atoms with E-state index in [0.29, 0.717) is 32.5 Å². The lowest BCUT2D eigenvalue weighted by molar-refractivity contribution is -0.195. The van der Waals surface area contributed by atoms with Crippen LogP contribution in [0.25, 0.3) is 0 Å². The second-order valence-electron chi connectivity index (χ2n) is 12.0. The van der Waals surface area contributed by atoms with Crippen molar-refractivity contribution in [1.29, 1.82) is 0 Å². The lowest BCUT2D eigenvalue weighted by atomic mass is 9.89. The van der Waals surface area contributed by atoms with E-state index in [4.69, 9.17) is 24.1 Å². The smallest absolute Gasteiger partial charge is 0.222 e. The van der Waals surface area contributed by atoms with Gasteiger partial charge in [-0.1, -0.05) is 50.5 Å². The summed E-state index contributed by atoms with van der Waals surface area (Å²) in [7, 11) is 0. The molecule has 2 heterocycles. The van der Waals surface area contributed by atoms with Gasteiger partial charge in [0, 0.05) is 51.0 Å². The molecule has 3 rings (SSSR count). The Morgan fingerprint density at radius 2 is 1.81 bits per heavy atom. The van der Waals surface area contributed by atoms with Crippen molar-refractivity contribution in [2.75, 3.05) is 32.9 Å². The molecule has 0 aromatic rings. The Labute approximate surface area is 254 Å². The number of aliphatic hydroxyl groups excluding tert-OH is 1. The SMILES string of the molecule is CCCCCC(/C=C/[C@H]1C(=O)CC(OC2CCCCO2)[C@@H]1C/C=C\CCCC(=O)N(CC)CCO)OC1CCCCO1. The zero-order valence-corrected chi connectivity index (χ0v) is 26.3. The molecule has 0 spiro atoms. The lowest BCUT2D eigenvalue weighted by Crippen LogP contribution is -2.33. The first kappa shape index (κ1) is 34.9. The summed E-state index contributed by atoms with van der Waals surface area (Å²) >= 11 is 0. The number of amides is 1. The molecular weight excluding hydrogens is 534 g/mol. The van der Waals surface area contributed by atoms with E-state index in [1.807, 2.05) is 6.92 Å². The molecule has 2 saturated heterocycles. The van der Waals surface area contributed by atoms with Gasteiger partial charge in [0.1, 0.15) is 5.78 Å². The number of ketones is 1. The summed E-state index contributed by atoms with van der Waals surface area (Å²) in [6.07, 6.45) is 21.6. The number of carbonyl (C=O) groups excluding carboxylic acids is 2. The maximum Gasteiger partial charge on any atom is 0.222 e. The number of rotatable bonds is 19. The fourth-order valence-corrected chi connectivity index (χ4v) is 6.21. The van der Waals surface area contributed by atoms with Crippen molar-refractivity contribution in [3.8, 4) is 0 Å². The fourth-order valence-electron chi connectivity index (χ4n) is 6.21. The van der Waals surface area contributed by atoms with E-state index >= 15 is 0 Å². The molecule has 42 heavy (non-hydrogen) atoms. The van der Waals surface area contributed by atoms with Crippen LogP contribution in [0.2, 0.25) is 0 Å². The van der Waals surface area contributed by atoms with E-state index in [1.165, 1.54) is 0 Å². The van der Waals surface area contributed by atoms with Gasteiger partial charge in [0.2, 0.25) is 5.91 Å². The Hall–Kier alpha value is -1.58. The number of hydrogen-bond donors (Lipinski definition) is 1. The van der Waals surface area contributed by atoms with Crippen LogP contribution in [0, 0.1) is 11.8 Å². The second kappa shape index (κ2) is 20.4. The van der Waals surface area contributed by atoms with E-state index in [-0.39, 0.29) is 54.9 Å². The highest BCUT2D eigenvalue weighted by Gasteiger charge is 2.42. The topological polar surface area (TPSA) is 94.5 Å². The predicted octanol–water partition coefficient (Wildman–Crippen LogP) is 6.11. The third-order valence-electron chi connectivity index (χ3n) is 8.71. The largest absolute Gasteiger partial charge is 0.395 e. The van der Waals surface area contributed by atoms with Crippen LogP contribution in [0.4, 0.5) is 0 Å². The molecule has 6 atom stereocenters. The highest BCUT2D eigenvalue weighted by Crippen LogP contribution is 2.37. The van der Waals surface area contributed by atoms with Crippen molar-refractivity contribution in [1.82, 2.24) is 4.90 Å². The van der Waals surface area contributed by atoms with Gasteiger partial charge in [0.25, 0.3) is 0 Å². The predicted molar refractivity (Wildman–Crippen MR) is 164 cm³/mol. The highest BCUT2D eigenvalue weighted by molar-refractivity contribution is 5.86. The Morgan fingerprint density at radius 1 is 1.05 bits per heavy atom. The number of unbranched alkanes of at least 4 members (excludes halogenated alkanes) is 3. The normalized spacial score (nSPS) is 27.7. The van der Waals surface area contributed by atoms with Crippen molar-refractivity contribution >= 4 is 11.7 Å². The van der Waals surface area contributed by atoms with Crippen molar-refractivity contribution in [2.45, 2.75) is 135 Å². The number of aliphatic hydroxyl groups is 1. The average Bonchev–Trinajstić information content (AvgIpc) is 3.30. The third kappa shape index (κ3) is 12.2. The van der Waals surface area contributed by atoms with E-state index in [1.54, 1.807) is 4.90 Å². The number of Topliss-reactive ketones (excluding diaryl/α,β-unsaturated/α-hetero) is 1. The van der Waals surface area contributed by atoms with Gasteiger partial charge >= 0.3 is 0 Å². The van der Waals surface area contributed by atoms with E-state index < -0.39 is 0 Å². The summed E-state index contributed by atoms with van der Waals surface area (Å²) in [5.41, 5.74) is 0. The summed E-state index contributed by atoms with van der Waals surface area (Å²) < 4.78 is 24.5. The minimum Gasteiger partial charge on any atom is -0.395 e. The maximum absolute atomic E-state index is 13.3. The number of likely N-dealkylation sites (N-methyl/N-ethyl adjacent to an activating group) is 1. The Morgan fingerprint density at radius 3 is 2.48 bits per heavy atom. The minimum absolute atomic E-state index is 0.00961. The lowest BCUT2D eigenvalue weighted by Gasteiger charge is -2.29. The van der Waals surface area contributed by atoms with Crippen LogP contribution in [0.5, 0.6) is 0 Å². The molecule has 1 amide bonds. The molecule has 0 bridgehead atoms. The van der Waals surface area contributed by atoms with Crippen LogP contribution in [0.15, 0.2) is 24.3 Å². The van der Waals surface area contributed by atoms with E-state index in [0.717, 1.165) is 90.1 Å². The molecule has 1 N–H and O–H groups in total. The van der Waals surface area contributed by atoms with Gasteiger partial charge in [-0.2, -0.15) is 0 Å². The number of carbonyl (C=O) groups is 2. The van der Waals surface area contributed by atoms with Gasteiger partial charge in [0.05, 0.1) is 18.8 Å². The first-order chi connectivity index (χ1) is 20.5. The molecule has 8 heteroatoms. The molecule has 0 aromatic carbocycles. The quantitative estimate of drug-likeness (QED) is 0.143. The molecule has 2 aliphatic heterocycles. The van der Waals surface area contributed by atoms with E-state index in [2.05, 4.69) is 31.2 Å². The van der Waals surface area contributed by atoms with Crippen LogP contribution in [0.1, 0.15) is 110 Å². The number of allylic oxidation sites excluding steroid dienone is 3. The van der Waals surface area contributed by atoms with Crippen LogP contribution in [-0.4, -0.2) is 79.4 Å². The molecular formula is C34H57NO7. The van der Waals surface area contributed by atoms with Gasteiger partial charge in [-0.05, 0) is 71.1 Å². The van der Waals surface area contributed by atoms with Crippen LogP contribution < -0.4 is 0 Å². The molecule has 240 valence electrons. The fraction of sp³-hybridized carbons (Fsp3) is 0.824. The third-order valence-corrected chi connectivity index (χ3v) is 8.71. The zero-order chi connectivity index (χ0) is 30.0. The molecule has 1 saturated carbocycles. The molecule has 0 aromatic heterocycles. The summed E-state index contributed by atoms with van der Waals surface area (Å²) in [4.78, 5) is 27.4. The number of ether oxygens (including phenoxy) is 4. The molecule has 0 radical (unpaired) electrons. The molecule has 4 unspecified atom stereocenters. The van der Waals surface area contributed by atoms with Crippen LogP contribution >= 0.6 is 0 Å². The van der Waals surface area contributed by atoms with Gasteiger partial charge in [-0.25, -0.2) is 0 Å². The number of hydrogen-bond acceptors (Lipinski definition) is 7. The monoisotopic (exact) mass is 591 g/mol.